The van der Waals surface area contributed by atoms with Crippen molar-refractivity contribution in [1.29, 1.82) is 0 Å². The van der Waals surface area contributed by atoms with Gasteiger partial charge in [-0.15, -0.1) is 0 Å². The number of hydrogen-bond acceptors (Lipinski definition) is 5. The number of carbonyl (C=O) groups excluding carboxylic acids is 1. The summed E-state index contributed by atoms with van der Waals surface area (Å²) in [5, 5.41) is 7.13. The van der Waals surface area contributed by atoms with E-state index >= 15 is 0 Å². The standard InChI is InChI=1S/C19H19N5O2/c1-26-15-6-4-13(5-7-15)16-9-17(16)19(25)22-10-14-3-2-8-21-18(14)24-12-20-11-23-24/h2-8,11-12,16-17H,9-10H2,1H3,(H,22,25)/t16-,17-/m0/s1. The average molecular weight is 349 g/mol. The van der Waals surface area contributed by atoms with Crippen molar-refractivity contribution in [2.24, 2.45) is 5.92 Å². The normalized spacial score (nSPS) is 18.3. The lowest BCUT2D eigenvalue weighted by Crippen LogP contribution is -2.25. The third-order valence-electron chi connectivity index (χ3n) is 4.63. The smallest absolute Gasteiger partial charge is 0.224 e. The Kier molecular flexibility index (Phi) is 4.35. The van der Waals surface area contributed by atoms with Crippen molar-refractivity contribution in [3.8, 4) is 11.6 Å². The van der Waals surface area contributed by atoms with Crippen LogP contribution in [0.3, 0.4) is 0 Å². The Labute approximate surface area is 151 Å². The molecule has 4 rings (SSSR count). The SMILES string of the molecule is COc1ccc([C@@H]2C[C@@H]2C(=O)NCc2cccnc2-n2cncn2)cc1. The van der Waals surface area contributed by atoms with Crippen molar-refractivity contribution >= 4 is 5.91 Å². The number of pyridine rings is 1. The van der Waals surface area contributed by atoms with Crippen LogP contribution in [0, 0.1) is 5.92 Å². The predicted octanol–water partition coefficient (Wildman–Crippen LogP) is 2.09. The lowest BCUT2D eigenvalue weighted by Gasteiger charge is -2.09. The van der Waals surface area contributed by atoms with E-state index < -0.39 is 0 Å². The molecule has 132 valence electrons. The molecule has 0 aliphatic heterocycles. The van der Waals surface area contributed by atoms with Gasteiger partial charge in [-0.05, 0) is 36.1 Å². The number of hydrogen-bond donors (Lipinski definition) is 1. The third-order valence-corrected chi connectivity index (χ3v) is 4.63. The Morgan fingerprint density at radius 2 is 2.15 bits per heavy atom. The van der Waals surface area contributed by atoms with Gasteiger partial charge >= 0.3 is 0 Å². The Morgan fingerprint density at radius 3 is 2.88 bits per heavy atom. The van der Waals surface area contributed by atoms with Gasteiger partial charge in [0.15, 0.2) is 5.82 Å². The summed E-state index contributed by atoms with van der Waals surface area (Å²) in [5.74, 6) is 1.87. The van der Waals surface area contributed by atoms with Gasteiger partial charge in [-0.1, -0.05) is 18.2 Å². The number of ether oxygens (including phenoxy) is 1. The monoisotopic (exact) mass is 349 g/mol. The summed E-state index contributed by atoms with van der Waals surface area (Å²) < 4.78 is 6.77. The molecule has 26 heavy (non-hydrogen) atoms. The molecule has 0 bridgehead atoms. The van der Waals surface area contributed by atoms with Crippen LogP contribution in [0.5, 0.6) is 5.75 Å². The molecule has 1 amide bonds. The highest BCUT2D eigenvalue weighted by Crippen LogP contribution is 2.47. The van der Waals surface area contributed by atoms with E-state index in [2.05, 4.69) is 20.4 Å². The van der Waals surface area contributed by atoms with E-state index in [-0.39, 0.29) is 17.7 Å². The largest absolute Gasteiger partial charge is 0.497 e. The number of carbonyl (C=O) groups is 1. The Bertz CT molecular complexity index is 893. The molecule has 1 aliphatic carbocycles. The molecule has 7 heteroatoms. The summed E-state index contributed by atoms with van der Waals surface area (Å²) >= 11 is 0. The number of nitrogens with zero attached hydrogens (tertiary/aromatic N) is 4. The van der Waals surface area contributed by atoms with Crippen molar-refractivity contribution in [1.82, 2.24) is 25.1 Å². The highest BCUT2D eigenvalue weighted by molar-refractivity contribution is 5.82. The molecule has 1 fully saturated rings. The molecule has 0 unspecified atom stereocenters. The fraction of sp³-hybridized carbons (Fsp3) is 0.263. The van der Waals surface area contributed by atoms with Gasteiger partial charge in [-0.25, -0.2) is 14.6 Å². The van der Waals surface area contributed by atoms with Crippen LogP contribution in [-0.2, 0) is 11.3 Å². The molecule has 2 atom stereocenters. The Hall–Kier alpha value is -3.22. The minimum Gasteiger partial charge on any atom is -0.497 e. The lowest BCUT2D eigenvalue weighted by molar-refractivity contribution is -0.122. The first-order chi connectivity index (χ1) is 12.8. The van der Waals surface area contributed by atoms with E-state index in [1.54, 1.807) is 24.3 Å². The van der Waals surface area contributed by atoms with Gasteiger partial charge in [0.05, 0.1) is 7.11 Å². The third kappa shape index (κ3) is 3.28. The van der Waals surface area contributed by atoms with E-state index in [0.717, 1.165) is 17.7 Å². The molecule has 1 saturated carbocycles. The number of benzene rings is 1. The molecule has 1 N–H and O–H groups in total. The van der Waals surface area contributed by atoms with Gasteiger partial charge < -0.3 is 10.1 Å². The summed E-state index contributed by atoms with van der Waals surface area (Å²) in [7, 11) is 1.65. The topological polar surface area (TPSA) is 81.9 Å². The molecule has 2 heterocycles. The second-order valence-corrected chi connectivity index (χ2v) is 6.27. The minimum atomic E-state index is 0.0230. The molecule has 1 aliphatic rings. The van der Waals surface area contributed by atoms with Crippen LogP contribution < -0.4 is 10.1 Å². The van der Waals surface area contributed by atoms with Gasteiger partial charge in [-0.3, -0.25) is 4.79 Å². The fourth-order valence-electron chi connectivity index (χ4n) is 3.11. The Morgan fingerprint density at radius 1 is 1.31 bits per heavy atom. The highest BCUT2D eigenvalue weighted by atomic mass is 16.5. The lowest BCUT2D eigenvalue weighted by atomic mass is 10.1. The number of nitrogens with one attached hydrogen (secondary N) is 1. The number of methoxy groups -OCH3 is 1. The summed E-state index contributed by atoms with van der Waals surface area (Å²) in [6.07, 6.45) is 5.62. The van der Waals surface area contributed by atoms with Crippen LogP contribution in [0.1, 0.15) is 23.5 Å². The molecule has 0 spiro atoms. The number of rotatable bonds is 6. The molecular weight excluding hydrogens is 330 g/mol. The second-order valence-electron chi connectivity index (χ2n) is 6.27. The minimum absolute atomic E-state index is 0.0230. The van der Waals surface area contributed by atoms with Crippen LogP contribution >= 0.6 is 0 Å². The van der Waals surface area contributed by atoms with Crippen molar-refractivity contribution in [3.05, 3.63) is 66.4 Å². The van der Waals surface area contributed by atoms with E-state index in [1.165, 1.54) is 11.9 Å². The molecule has 0 radical (unpaired) electrons. The molecule has 7 nitrogen and oxygen atoms in total. The van der Waals surface area contributed by atoms with Gasteiger partial charge in [0.2, 0.25) is 5.91 Å². The molecule has 2 aromatic heterocycles. The predicted molar refractivity (Wildman–Crippen MR) is 94.8 cm³/mol. The van der Waals surface area contributed by atoms with Crippen molar-refractivity contribution < 1.29 is 9.53 Å². The van der Waals surface area contributed by atoms with Gasteiger partial charge in [-0.2, -0.15) is 5.10 Å². The van der Waals surface area contributed by atoms with Gasteiger partial charge in [0.1, 0.15) is 18.4 Å². The zero-order valence-corrected chi connectivity index (χ0v) is 14.4. The van der Waals surface area contributed by atoms with Crippen molar-refractivity contribution in [2.75, 3.05) is 7.11 Å². The van der Waals surface area contributed by atoms with E-state index in [0.29, 0.717) is 12.4 Å². The van der Waals surface area contributed by atoms with Gasteiger partial charge in [0.25, 0.3) is 0 Å². The van der Waals surface area contributed by atoms with Crippen LogP contribution in [0.25, 0.3) is 5.82 Å². The van der Waals surface area contributed by atoms with Crippen LogP contribution in [-0.4, -0.2) is 32.8 Å². The van der Waals surface area contributed by atoms with Crippen molar-refractivity contribution in [3.63, 3.8) is 0 Å². The quantitative estimate of drug-likeness (QED) is 0.737. The molecule has 0 saturated heterocycles. The van der Waals surface area contributed by atoms with Gasteiger partial charge in [0, 0.05) is 24.2 Å². The van der Waals surface area contributed by atoms with E-state index in [9.17, 15) is 4.79 Å². The van der Waals surface area contributed by atoms with Crippen molar-refractivity contribution in [2.45, 2.75) is 18.9 Å². The molecular formula is C19H19N5O2. The first-order valence-electron chi connectivity index (χ1n) is 8.47. The fourth-order valence-corrected chi connectivity index (χ4v) is 3.11. The maximum absolute atomic E-state index is 12.5. The second kappa shape index (κ2) is 6.95. The summed E-state index contributed by atoms with van der Waals surface area (Å²) in [6, 6.07) is 11.7. The molecule has 3 aromatic rings. The average Bonchev–Trinajstić information content (AvgIpc) is 3.31. The summed E-state index contributed by atoms with van der Waals surface area (Å²) in [4.78, 5) is 20.8. The van der Waals surface area contributed by atoms with Crippen LogP contribution in [0.2, 0.25) is 0 Å². The van der Waals surface area contributed by atoms with E-state index in [1.807, 2.05) is 36.4 Å². The summed E-state index contributed by atoms with van der Waals surface area (Å²) in [5.41, 5.74) is 2.07. The maximum Gasteiger partial charge on any atom is 0.224 e. The number of aromatic nitrogens is 4. The highest BCUT2D eigenvalue weighted by Gasteiger charge is 2.43. The molecule has 1 aromatic carbocycles. The maximum atomic E-state index is 12.5. The van der Waals surface area contributed by atoms with Crippen LogP contribution in [0.4, 0.5) is 0 Å². The van der Waals surface area contributed by atoms with E-state index in [4.69, 9.17) is 4.74 Å². The first-order valence-corrected chi connectivity index (χ1v) is 8.47. The summed E-state index contributed by atoms with van der Waals surface area (Å²) in [6.45, 7) is 0.410. The Balaban J connectivity index is 1.38. The zero-order valence-electron chi connectivity index (χ0n) is 14.4. The zero-order chi connectivity index (χ0) is 17.9. The number of amides is 1. The van der Waals surface area contributed by atoms with Crippen LogP contribution in [0.15, 0.2) is 55.2 Å². The first kappa shape index (κ1) is 16.3.